The van der Waals surface area contributed by atoms with E-state index in [1.54, 1.807) is 19.1 Å². The van der Waals surface area contributed by atoms with Crippen molar-refractivity contribution in [2.75, 3.05) is 5.73 Å². The van der Waals surface area contributed by atoms with Gasteiger partial charge in [0.1, 0.15) is 12.0 Å². The third-order valence-corrected chi connectivity index (χ3v) is 3.41. The lowest BCUT2D eigenvalue weighted by molar-refractivity contribution is -0.384. The number of nitrogen functional groups attached to an aromatic ring is 1. The van der Waals surface area contributed by atoms with Crippen LogP contribution < -0.4 is 5.73 Å². The van der Waals surface area contributed by atoms with Crippen LogP contribution in [-0.2, 0) is 0 Å². The lowest BCUT2D eigenvalue weighted by Crippen LogP contribution is -2.12. The molecule has 1 unspecified atom stereocenters. The Kier molecular flexibility index (Phi) is 3.52. The number of hydrogen-bond donors (Lipinski definition) is 1. The number of benzene rings is 1. The van der Waals surface area contributed by atoms with Crippen LogP contribution in [0, 0.1) is 15.9 Å². The first-order valence-corrected chi connectivity index (χ1v) is 6.13. The van der Waals surface area contributed by atoms with E-state index in [1.165, 1.54) is 10.7 Å². The van der Waals surface area contributed by atoms with Crippen LogP contribution in [0.2, 0.25) is 0 Å². The maximum absolute atomic E-state index is 13.2. The molecule has 0 fully saturated rings. The van der Waals surface area contributed by atoms with E-state index in [2.05, 4.69) is 21.0 Å². The van der Waals surface area contributed by atoms with Gasteiger partial charge in [-0.1, -0.05) is 6.07 Å². The number of hydrogen-bond acceptors (Lipinski definition) is 4. The van der Waals surface area contributed by atoms with E-state index in [-0.39, 0.29) is 23.4 Å². The summed E-state index contributed by atoms with van der Waals surface area (Å²) in [5.74, 6) is -0.409. The summed E-state index contributed by atoms with van der Waals surface area (Å²) >= 11 is 3.09. The second kappa shape index (κ2) is 4.96. The highest BCUT2D eigenvalue weighted by Gasteiger charge is 2.21. The number of halogens is 2. The first kappa shape index (κ1) is 13.5. The van der Waals surface area contributed by atoms with Gasteiger partial charge in [0.25, 0.3) is 0 Å². The minimum Gasteiger partial charge on any atom is -0.378 e. The highest BCUT2D eigenvalue weighted by molar-refractivity contribution is 9.10. The molecule has 0 bridgehead atoms. The van der Waals surface area contributed by atoms with Gasteiger partial charge in [-0.3, -0.25) is 10.1 Å². The standard InChI is InChI=1S/C11H10BrFN4O2/c1-6(7-2-3-9(13)8(12)4-7)16-11(14)10(5-15-16)17(18)19/h2-6H,14H2,1H3. The molecule has 0 amide bonds. The molecular weight excluding hydrogens is 319 g/mol. The van der Waals surface area contributed by atoms with Crippen molar-refractivity contribution in [3.63, 3.8) is 0 Å². The Morgan fingerprint density at radius 3 is 2.79 bits per heavy atom. The van der Waals surface area contributed by atoms with Gasteiger partial charge in [0.05, 0.1) is 15.4 Å². The second-order valence-corrected chi connectivity index (χ2v) is 4.82. The lowest BCUT2D eigenvalue weighted by atomic mass is 10.1. The van der Waals surface area contributed by atoms with Gasteiger partial charge >= 0.3 is 5.69 Å². The van der Waals surface area contributed by atoms with Gasteiger partial charge in [0.2, 0.25) is 5.82 Å². The van der Waals surface area contributed by atoms with E-state index in [9.17, 15) is 14.5 Å². The zero-order valence-corrected chi connectivity index (χ0v) is 11.5. The average Bonchev–Trinajstić information content (AvgIpc) is 2.74. The van der Waals surface area contributed by atoms with Crippen molar-refractivity contribution in [3.8, 4) is 0 Å². The van der Waals surface area contributed by atoms with Crippen molar-refractivity contribution in [2.24, 2.45) is 0 Å². The first-order valence-electron chi connectivity index (χ1n) is 5.34. The minimum atomic E-state index is -0.591. The number of anilines is 1. The van der Waals surface area contributed by atoms with Gasteiger partial charge in [0.15, 0.2) is 0 Å². The molecule has 1 aromatic heterocycles. The van der Waals surface area contributed by atoms with E-state index >= 15 is 0 Å². The van der Waals surface area contributed by atoms with Crippen LogP contribution in [0.25, 0.3) is 0 Å². The maximum Gasteiger partial charge on any atom is 0.330 e. The van der Waals surface area contributed by atoms with Crippen LogP contribution in [0.5, 0.6) is 0 Å². The summed E-state index contributed by atoms with van der Waals surface area (Å²) in [6.45, 7) is 1.77. The normalized spacial score (nSPS) is 12.4. The number of nitrogens with two attached hydrogens (primary N) is 1. The van der Waals surface area contributed by atoms with Crippen LogP contribution in [0.3, 0.4) is 0 Å². The van der Waals surface area contributed by atoms with Crippen LogP contribution in [0.4, 0.5) is 15.9 Å². The molecule has 0 aliphatic heterocycles. The molecule has 1 heterocycles. The van der Waals surface area contributed by atoms with E-state index < -0.39 is 4.92 Å². The second-order valence-electron chi connectivity index (χ2n) is 3.97. The fourth-order valence-electron chi connectivity index (χ4n) is 1.73. The molecule has 2 rings (SSSR count). The van der Waals surface area contributed by atoms with Crippen molar-refractivity contribution >= 4 is 27.4 Å². The van der Waals surface area contributed by atoms with Gasteiger partial charge in [-0.2, -0.15) is 5.10 Å². The van der Waals surface area contributed by atoms with Crippen molar-refractivity contribution < 1.29 is 9.31 Å². The Morgan fingerprint density at radius 2 is 2.26 bits per heavy atom. The van der Waals surface area contributed by atoms with Crippen molar-refractivity contribution in [2.45, 2.75) is 13.0 Å². The van der Waals surface area contributed by atoms with Crippen LogP contribution in [-0.4, -0.2) is 14.7 Å². The van der Waals surface area contributed by atoms with Gasteiger partial charge in [0, 0.05) is 0 Å². The molecule has 1 aromatic carbocycles. The van der Waals surface area contributed by atoms with Crippen LogP contribution >= 0.6 is 15.9 Å². The molecule has 0 saturated carbocycles. The lowest BCUT2D eigenvalue weighted by Gasteiger charge is -2.14. The van der Waals surface area contributed by atoms with Gasteiger partial charge < -0.3 is 5.73 Å². The van der Waals surface area contributed by atoms with Crippen molar-refractivity contribution in [1.29, 1.82) is 0 Å². The molecule has 0 aliphatic rings. The highest BCUT2D eigenvalue weighted by Crippen LogP contribution is 2.28. The quantitative estimate of drug-likeness (QED) is 0.693. The van der Waals surface area contributed by atoms with Gasteiger partial charge in [-0.05, 0) is 40.5 Å². The van der Waals surface area contributed by atoms with Crippen molar-refractivity contribution in [1.82, 2.24) is 9.78 Å². The van der Waals surface area contributed by atoms with Gasteiger partial charge in [-0.25, -0.2) is 9.07 Å². The largest absolute Gasteiger partial charge is 0.378 e. The van der Waals surface area contributed by atoms with E-state index in [1.807, 2.05) is 0 Å². The Bertz CT molecular complexity index is 644. The summed E-state index contributed by atoms with van der Waals surface area (Å²) in [6, 6.07) is 4.14. The summed E-state index contributed by atoms with van der Waals surface area (Å²) < 4.78 is 14.8. The zero-order valence-electron chi connectivity index (χ0n) is 9.88. The Morgan fingerprint density at radius 1 is 1.58 bits per heavy atom. The number of nitrogens with zero attached hydrogens (tertiary/aromatic N) is 3. The summed E-state index contributed by atoms with van der Waals surface area (Å²) in [6.07, 6.45) is 1.10. The smallest absolute Gasteiger partial charge is 0.330 e. The molecular formula is C11H10BrFN4O2. The summed E-state index contributed by atoms with van der Waals surface area (Å²) in [7, 11) is 0. The third-order valence-electron chi connectivity index (χ3n) is 2.80. The fourth-order valence-corrected chi connectivity index (χ4v) is 2.12. The fraction of sp³-hybridized carbons (Fsp3) is 0.182. The molecule has 8 heteroatoms. The molecule has 0 saturated heterocycles. The Labute approximate surface area is 116 Å². The number of aromatic nitrogens is 2. The zero-order chi connectivity index (χ0) is 14.2. The molecule has 0 radical (unpaired) electrons. The molecule has 100 valence electrons. The molecule has 2 N–H and O–H groups in total. The summed E-state index contributed by atoms with van der Waals surface area (Å²) in [4.78, 5) is 10.1. The summed E-state index contributed by atoms with van der Waals surface area (Å²) in [5.41, 5.74) is 6.18. The SMILES string of the molecule is CC(c1ccc(F)c(Br)c1)n1ncc([N+](=O)[O-])c1N. The molecule has 0 aliphatic carbocycles. The minimum absolute atomic E-state index is 0.0297. The molecule has 1 atom stereocenters. The third kappa shape index (κ3) is 2.43. The van der Waals surface area contributed by atoms with Crippen LogP contribution in [0.15, 0.2) is 28.9 Å². The number of nitro groups is 1. The van der Waals surface area contributed by atoms with E-state index in [0.29, 0.717) is 4.47 Å². The topological polar surface area (TPSA) is 87.0 Å². The van der Waals surface area contributed by atoms with Crippen molar-refractivity contribution in [3.05, 3.63) is 50.4 Å². The summed E-state index contributed by atoms with van der Waals surface area (Å²) in [5, 5.41) is 14.6. The van der Waals surface area contributed by atoms with E-state index in [4.69, 9.17) is 5.73 Å². The monoisotopic (exact) mass is 328 g/mol. The van der Waals surface area contributed by atoms with Gasteiger partial charge in [-0.15, -0.1) is 0 Å². The first-order chi connectivity index (χ1) is 8.91. The molecule has 0 spiro atoms. The highest BCUT2D eigenvalue weighted by atomic mass is 79.9. The molecule has 2 aromatic rings. The maximum atomic E-state index is 13.2. The van der Waals surface area contributed by atoms with Crippen LogP contribution in [0.1, 0.15) is 18.5 Å². The Hall–Kier alpha value is -1.96. The predicted molar refractivity (Wildman–Crippen MR) is 71.2 cm³/mol. The molecule has 19 heavy (non-hydrogen) atoms. The predicted octanol–water partition coefficient (Wildman–Crippen LogP) is 2.88. The molecule has 6 nitrogen and oxygen atoms in total. The Balaban J connectivity index is 2.41. The number of rotatable bonds is 3. The average molecular weight is 329 g/mol. The van der Waals surface area contributed by atoms with E-state index in [0.717, 1.165) is 11.8 Å².